The number of hydrogen-bond acceptors (Lipinski definition) is 3. The van der Waals surface area contributed by atoms with Crippen molar-refractivity contribution in [3.63, 3.8) is 0 Å². The minimum absolute atomic E-state index is 0.410. The molecule has 0 heterocycles. The van der Waals surface area contributed by atoms with E-state index in [1.807, 2.05) is 11.8 Å². The van der Waals surface area contributed by atoms with Gasteiger partial charge in [0.15, 0.2) is 0 Å². The fourth-order valence-corrected chi connectivity index (χ4v) is 2.90. The van der Waals surface area contributed by atoms with E-state index in [0.717, 1.165) is 6.54 Å². The Morgan fingerprint density at radius 2 is 2.00 bits per heavy atom. The van der Waals surface area contributed by atoms with Crippen molar-refractivity contribution in [2.45, 2.75) is 53.0 Å². The van der Waals surface area contributed by atoms with E-state index in [0.29, 0.717) is 11.5 Å². The minimum atomic E-state index is 0.410. The Morgan fingerprint density at radius 1 is 1.33 bits per heavy atom. The van der Waals surface area contributed by atoms with Gasteiger partial charge in [-0.25, -0.2) is 0 Å². The van der Waals surface area contributed by atoms with Crippen LogP contribution in [0.2, 0.25) is 0 Å². The Hall–Kier alpha value is 0.270. The van der Waals surface area contributed by atoms with Gasteiger partial charge in [-0.15, -0.1) is 0 Å². The lowest BCUT2D eigenvalue weighted by Crippen LogP contribution is -2.43. The topological polar surface area (TPSA) is 15.3 Å². The van der Waals surface area contributed by atoms with Crippen LogP contribution in [0.1, 0.15) is 47.0 Å². The summed E-state index contributed by atoms with van der Waals surface area (Å²) in [5, 5.41) is 3.61. The molecule has 0 aromatic heterocycles. The van der Waals surface area contributed by atoms with Crippen molar-refractivity contribution in [3.8, 4) is 0 Å². The average molecular weight is 275 g/mol. The molecule has 2 nitrogen and oxygen atoms in total. The molecule has 0 saturated heterocycles. The predicted molar refractivity (Wildman–Crippen MR) is 86.6 cm³/mol. The van der Waals surface area contributed by atoms with Gasteiger partial charge in [-0.05, 0) is 43.9 Å². The first-order chi connectivity index (χ1) is 8.43. The zero-order valence-electron chi connectivity index (χ0n) is 13.4. The van der Waals surface area contributed by atoms with E-state index < -0.39 is 0 Å². The van der Waals surface area contributed by atoms with Gasteiger partial charge in [0.05, 0.1) is 0 Å². The zero-order valence-corrected chi connectivity index (χ0v) is 14.2. The van der Waals surface area contributed by atoms with Crippen LogP contribution >= 0.6 is 11.8 Å². The fourth-order valence-electron chi connectivity index (χ4n) is 2.49. The summed E-state index contributed by atoms with van der Waals surface area (Å²) in [6.45, 7) is 12.7. The van der Waals surface area contributed by atoms with Gasteiger partial charge in [0.2, 0.25) is 0 Å². The normalized spacial score (nSPS) is 15.3. The Balaban J connectivity index is 4.13. The zero-order chi connectivity index (χ0) is 14.0. The van der Waals surface area contributed by atoms with Crippen LogP contribution in [0, 0.1) is 5.41 Å². The lowest BCUT2D eigenvalue weighted by atomic mass is 9.84. The maximum atomic E-state index is 3.61. The molecule has 1 atom stereocenters. The Kier molecular flexibility index (Phi) is 10.3. The molecule has 0 fully saturated rings. The van der Waals surface area contributed by atoms with Crippen LogP contribution in [0.15, 0.2) is 0 Å². The number of nitrogens with zero attached hydrogens (tertiary/aromatic N) is 1. The van der Waals surface area contributed by atoms with Crippen LogP contribution in [-0.4, -0.2) is 49.6 Å². The molecule has 0 aromatic carbocycles. The molecule has 0 saturated carbocycles. The van der Waals surface area contributed by atoms with Crippen LogP contribution in [0.25, 0.3) is 0 Å². The van der Waals surface area contributed by atoms with E-state index in [1.54, 1.807) is 0 Å². The summed E-state index contributed by atoms with van der Waals surface area (Å²) in [4.78, 5) is 2.51. The molecular weight excluding hydrogens is 240 g/mol. The third kappa shape index (κ3) is 9.23. The van der Waals surface area contributed by atoms with E-state index in [2.05, 4.69) is 51.2 Å². The van der Waals surface area contributed by atoms with Gasteiger partial charge >= 0.3 is 0 Å². The standard InChI is InChI=1S/C15H34N2S/c1-7-9-15(4,12-16-14(2)3)13-17(5)10-8-11-18-6/h14,16H,7-13H2,1-6H3. The van der Waals surface area contributed by atoms with Crippen LogP contribution in [0.5, 0.6) is 0 Å². The molecule has 0 radical (unpaired) electrons. The van der Waals surface area contributed by atoms with Gasteiger partial charge in [-0.2, -0.15) is 11.8 Å². The summed E-state index contributed by atoms with van der Waals surface area (Å²) in [6, 6.07) is 0.586. The molecule has 0 rings (SSSR count). The first-order valence-electron chi connectivity index (χ1n) is 7.34. The molecule has 1 unspecified atom stereocenters. The van der Waals surface area contributed by atoms with Gasteiger partial charge in [0.25, 0.3) is 0 Å². The van der Waals surface area contributed by atoms with Crippen molar-refractivity contribution in [3.05, 3.63) is 0 Å². The van der Waals surface area contributed by atoms with Gasteiger partial charge in [-0.1, -0.05) is 34.1 Å². The van der Waals surface area contributed by atoms with Crippen molar-refractivity contribution < 1.29 is 0 Å². The van der Waals surface area contributed by atoms with Crippen LogP contribution < -0.4 is 5.32 Å². The second-order valence-electron chi connectivity index (χ2n) is 6.18. The van der Waals surface area contributed by atoms with Crippen molar-refractivity contribution in [2.75, 3.05) is 38.7 Å². The number of thioether (sulfide) groups is 1. The van der Waals surface area contributed by atoms with Crippen LogP contribution in [-0.2, 0) is 0 Å². The number of hydrogen-bond donors (Lipinski definition) is 1. The summed E-state index contributed by atoms with van der Waals surface area (Å²) in [7, 11) is 2.27. The molecule has 0 aromatic rings. The van der Waals surface area contributed by atoms with Gasteiger partial charge < -0.3 is 10.2 Å². The molecule has 18 heavy (non-hydrogen) atoms. The van der Waals surface area contributed by atoms with Crippen LogP contribution in [0.4, 0.5) is 0 Å². The maximum Gasteiger partial charge on any atom is 0.00444 e. The fraction of sp³-hybridized carbons (Fsp3) is 1.00. The molecule has 0 aliphatic carbocycles. The number of rotatable bonds is 11. The number of nitrogens with one attached hydrogen (secondary N) is 1. The average Bonchev–Trinajstić information content (AvgIpc) is 2.27. The van der Waals surface area contributed by atoms with Gasteiger partial charge in [0, 0.05) is 19.1 Å². The van der Waals surface area contributed by atoms with Crippen molar-refractivity contribution in [1.29, 1.82) is 0 Å². The monoisotopic (exact) mass is 274 g/mol. The molecular formula is C15H34N2S. The highest BCUT2D eigenvalue weighted by atomic mass is 32.2. The predicted octanol–water partition coefficient (Wildman–Crippen LogP) is 3.48. The van der Waals surface area contributed by atoms with Gasteiger partial charge in [0.1, 0.15) is 0 Å². The van der Waals surface area contributed by atoms with Crippen molar-refractivity contribution in [1.82, 2.24) is 10.2 Å². The summed E-state index contributed by atoms with van der Waals surface area (Å²) in [5.41, 5.74) is 0.410. The Bertz CT molecular complexity index is 197. The Morgan fingerprint density at radius 3 is 2.50 bits per heavy atom. The molecule has 3 heteroatoms. The second kappa shape index (κ2) is 10.1. The van der Waals surface area contributed by atoms with Gasteiger partial charge in [-0.3, -0.25) is 0 Å². The lowest BCUT2D eigenvalue weighted by molar-refractivity contribution is 0.170. The first-order valence-corrected chi connectivity index (χ1v) is 8.74. The second-order valence-corrected chi connectivity index (χ2v) is 7.17. The molecule has 110 valence electrons. The lowest BCUT2D eigenvalue weighted by Gasteiger charge is -2.35. The quantitative estimate of drug-likeness (QED) is 0.581. The minimum Gasteiger partial charge on any atom is -0.314 e. The third-order valence-corrected chi connectivity index (χ3v) is 4.03. The van der Waals surface area contributed by atoms with E-state index >= 15 is 0 Å². The summed E-state index contributed by atoms with van der Waals surface area (Å²) in [6.07, 6.45) is 6.07. The highest BCUT2D eigenvalue weighted by molar-refractivity contribution is 7.98. The molecule has 0 aliphatic heterocycles. The van der Waals surface area contributed by atoms with E-state index in [1.165, 1.54) is 38.1 Å². The molecule has 1 N–H and O–H groups in total. The summed E-state index contributed by atoms with van der Waals surface area (Å²) in [5.74, 6) is 1.28. The molecule has 0 spiro atoms. The highest BCUT2D eigenvalue weighted by Gasteiger charge is 2.24. The Labute approximate surface area is 119 Å². The van der Waals surface area contributed by atoms with Crippen LogP contribution in [0.3, 0.4) is 0 Å². The van der Waals surface area contributed by atoms with E-state index in [-0.39, 0.29) is 0 Å². The maximum absolute atomic E-state index is 3.61. The van der Waals surface area contributed by atoms with E-state index in [4.69, 9.17) is 0 Å². The first kappa shape index (κ1) is 18.3. The summed E-state index contributed by atoms with van der Waals surface area (Å²) < 4.78 is 0. The third-order valence-electron chi connectivity index (χ3n) is 3.33. The molecule has 0 bridgehead atoms. The SMILES string of the molecule is CCCC(C)(CNC(C)C)CN(C)CCCSC. The molecule has 0 aliphatic rings. The van der Waals surface area contributed by atoms with E-state index in [9.17, 15) is 0 Å². The smallest absolute Gasteiger partial charge is 0.00444 e. The molecule has 0 amide bonds. The summed E-state index contributed by atoms with van der Waals surface area (Å²) >= 11 is 1.95. The van der Waals surface area contributed by atoms with Crippen molar-refractivity contribution in [2.24, 2.45) is 5.41 Å². The largest absolute Gasteiger partial charge is 0.314 e. The highest BCUT2D eigenvalue weighted by Crippen LogP contribution is 2.23. The van der Waals surface area contributed by atoms with Crippen molar-refractivity contribution >= 4 is 11.8 Å².